The van der Waals surface area contributed by atoms with E-state index in [0.717, 1.165) is 13.1 Å². The largest absolute Gasteiger partial charge is 0.378 e. The zero-order chi connectivity index (χ0) is 10.8. The Labute approximate surface area is 95.9 Å². The van der Waals surface area contributed by atoms with Crippen molar-refractivity contribution in [3.63, 3.8) is 0 Å². The Balaban J connectivity index is 2.33. The fourth-order valence-corrected chi connectivity index (χ4v) is 1.88. The highest BCUT2D eigenvalue weighted by atomic mass is 79.9. The van der Waals surface area contributed by atoms with Crippen LogP contribution in [-0.4, -0.2) is 31.3 Å². The number of hydrogen-bond acceptors (Lipinski definition) is 5. The Morgan fingerprint density at radius 2 is 2.13 bits per heavy atom. The molecule has 7 heteroatoms. The summed E-state index contributed by atoms with van der Waals surface area (Å²) in [7, 11) is 0. The average molecular weight is 275 g/mol. The zero-order valence-electron chi connectivity index (χ0n) is 8.19. The molecule has 0 spiro atoms. The molecule has 0 bridgehead atoms. The first-order valence-corrected chi connectivity index (χ1v) is 5.43. The molecule has 0 unspecified atom stereocenters. The standard InChI is InChI=1S/C8H12BrN5O/c9-6-5-14(11)7(10)8(12-6)13-1-3-15-4-2-13/h5,10H,1-4,11H2/p+1. The summed E-state index contributed by atoms with van der Waals surface area (Å²) in [5, 5.41) is 0. The van der Waals surface area contributed by atoms with Gasteiger partial charge in [-0.15, -0.1) is 4.68 Å². The lowest BCUT2D eigenvalue weighted by atomic mass is 10.4. The van der Waals surface area contributed by atoms with E-state index in [0.29, 0.717) is 29.5 Å². The first-order chi connectivity index (χ1) is 7.18. The summed E-state index contributed by atoms with van der Waals surface area (Å²) in [4.78, 5) is 6.38. The number of hydrogen-bond donors (Lipinski definition) is 2. The number of anilines is 2. The SMILES string of the molecule is Nc1c(N2CCOCC2)nc(Br)c[n+]1N. The summed E-state index contributed by atoms with van der Waals surface area (Å²) in [5.74, 6) is 6.85. The maximum Gasteiger partial charge on any atom is 0.339 e. The van der Waals surface area contributed by atoms with Crippen LogP contribution in [-0.2, 0) is 4.74 Å². The minimum Gasteiger partial charge on any atom is -0.378 e. The highest BCUT2D eigenvalue weighted by Gasteiger charge is 2.21. The second-order valence-corrected chi connectivity index (χ2v) is 4.09. The molecule has 2 rings (SSSR count). The number of halogens is 1. The highest BCUT2D eigenvalue weighted by Crippen LogP contribution is 2.19. The van der Waals surface area contributed by atoms with Crippen LogP contribution >= 0.6 is 15.9 Å². The van der Waals surface area contributed by atoms with Crippen molar-refractivity contribution in [2.45, 2.75) is 0 Å². The lowest BCUT2D eigenvalue weighted by Crippen LogP contribution is -2.49. The number of morpholine rings is 1. The van der Waals surface area contributed by atoms with Crippen molar-refractivity contribution in [1.82, 2.24) is 4.98 Å². The van der Waals surface area contributed by atoms with Gasteiger partial charge in [-0.2, -0.15) is 0 Å². The third-order valence-corrected chi connectivity index (χ3v) is 2.66. The molecule has 1 aromatic rings. The molecule has 1 aliphatic rings. The summed E-state index contributed by atoms with van der Waals surface area (Å²) in [5.41, 5.74) is 5.85. The van der Waals surface area contributed by atoms with Gasteiger partial charge in [0, 0.05) is 13.1 Å². The quantitative estimate of drug-likeness (QED) is 0.521. The summed E-state index contributed by atoms with van der Waals surface area (Å²) < 4.78 is 7.29. The van der Waals surface area contributed by atoms with Crippen LogP contribution in [0, 0.1) is 0 Å². The van der Waals surface area contributed by atoms with Gasteiger partial charge in [-0.05, 0) is 15.9 Å². The second kappa shape index (κ2) is 4.19. The van der Waals surface area contributed by atoms with Crippen molar-refractivity contribution in [3.05, 3.63) is 10.8 Å². The van der Waals surface area contributed by atoms with Gasteiger partial charge in [0.25, 0.3) is 0 Å². The number of rotatable bonds is 1. The summed E-state index contributed by atoms with van der Waals surface area (Å²) in [6.45, 7) is 2.96. The smallest absolute Gasteiger partial charge is 0.339 e. The Morgan fingerprint density at radius 3 is 2.80 bits per heavy atom. The van der Waals surface area contributed by atoms with Gasteiger partial charge in [0.15, 0.2) is 6.20 Å². The summed E-state index contributed by atoms with van der Waals surface area (Å²) in [6, 6.07) is 0. The summed E-state index contributed by atoms with van der Waals surface area (Å²) >= 11 is 3.29. The maximum atomic E-state index is 5.85. The Kier molecular flexibility index (Phi) is 2.92. The molecule has 0 aromatic carbocycles. The molecular formula is C8H13BrN5O+. The molecule has 1 fully saturated rings. The minimum atomic E-state index is 0.458. The van der Waals surface area contributed by atoms with E-state index < -0.39 is 0 Å². The van der Waals surface area contributed by atoms with Gasteiger partial charge in [0.2, 0.25) is 5.82 Å². The van der Waals surface area contributed by atoms with Gasteiger partial charge in [-0.25, -0.2) is 4.98 Å². The minimum absolute atomic E-state index is 0.458. The molecule has 1 saturated heterocycles. The molecule has 0 atom stereocenters. The first-order valence-electron chi connectivity index (χ1n) is 4.64. The lowest BCUT2D eigenvalue weighted by Gasteiger charge is -2.27. The van der Waals surface area contributed by atoms with Crippen LogP contribution in [0.15, 0.2) is 10.8 Å². The van der Waals surface area contributed by atoms with Crippen LogP contribution in [0.3, 0.4) is 0 Å². The van der Waals surface area contributed by atoms with E-state index in [-0.39, 0.29) is 0 Å². The molecule has 1 aliphatic heterocycles. The van der Waals surface area contributed by atoms with Crippen molar-refractivity contribution < 1.29 is 9.41 Å². The van der Waals surface area contributed by atoms with Gasteiger partial charge in [0.05, 0.1) is 13.2 Å². The van der Waals surface area contributed by atoms with Crippen LogP contribution in [0.25, 0.3) is 0 Å². The topological polar surface area (TPSA) is 81.3 Å². The first kappa shape index (κ1) is 10.4. The van der Waals surface area contributed by atoms with Gasteiger partial charge < -0.3 is 9.64 Å². The predicted molar refractivity (Wildman–Crippen MR) is 59.7 cm³/mol. The van der Waals surface area contributed by atoms with Gasteiger partial charge in [0.1, 0.15) is 4.60 Å². The van der Waals surface area contributed by atoms with E-state index in [4.69, 9.17) is 16.3 Å². The molecule has 82 valence electrons. The summed E-state index contributed by atoms with van der Waals surface area (Å²) in [6.07, 6.45) is 1.62. The van der Waals surface area contributed by atoms with Gasteiger partial charge in [-0.1, -0.05) is 0 Å². The van der Waals surface area contributed by atoms with E-state index in [2.05, 4.69) is 25.8 Å². The van der Waals surface area contributed by atoms with Gasteiger partial charge in [-0.3, -0.25) is 11.6 Å². The molecule has 15 heavy (non-hydrogen) atoms. The monoisotopic (exact) mass is 274 g/mol. The van der Waals surface area contributed by atoms with E-state index >= 15 is 0 Å². The van der Waals surface area contributed by atoms with Crippen molar-refractivity contribution >= 4 is 27.6 Å². The van der Waals surface area contributed by atoms with E-state index in [1.54, 1.807) is 6.20 Å². The van der Waals surface area contributed by atoms with E-state index in [1.807, 2.05) is 0 Å². The van der Waals surface area contributed by atoms with Crippen molar-refractivity contribution in [3.8, 4) is 0 Å². The number of nitrogens with zero attached hydrogens (tertiary/aromatic N) is 3. The fraction of sp³-hybridized carbons (Fsp3) is 0.500. The van der Waals surface area contributed by atoms with Crippen molar-refractivity contribution in [2.24, 2.45) is 0 Å². The maximum absolute atomic E-state index is 5.85. The molecule has 0 aliphatic carbocycles. The lowest BCUT2D eigenvalue weighted by molar-refractivity contribution is -0.624. The molecule has 2 heterocycles. The third kappa shape index (κ3) is 2.13. The van der Waals surface area contributed by atoms with Gasteiger partial charge >= 0.3 is 5.82 Å². The fourth-order valence-electron chi connectivity index (χ4n) is 1.49. The second-order valence-electron chi connectivity index (χ2n) is 3.28. The van der Waals surface area contributed by atoms with Crippen LogP contribution in [0.5, 0.6) is 0 Å². The molecular weight excluding hydrogens is 262 g/mol. The molecule has 0 radical (unpaired) electrons. The number of aromatic nitrogens is 2. The Morgan fingerprint density at radius 1 is 1.47 bits per heavy atom. The molecule has 6 nitrogen and oxygen atoms in total. The normalized spacial score (nSPS) is 16.7. The van der Waals surface area contributed by atoms with Crippen LogP contribution < -0.4 is 21.2 Å². The van der Waals surface area contributed by atoms with Crippen molar-refractivity contribution in [2.75, 3.05) is 42.8 Å². The number of ether oxygens (including phenoxy) is 1. The average Bonchev–Trinajstić information content (AvgIpc) is 2.24. The zero-order valence-corrected chi connectivity index (χ0v) is 9.77. The van der Waals surface area contributed by atoms with Crippen molar-refractivity contribution in [1.29, 1.82) is 0 Å². The van der Waals surface area contributed by atoms with E-state index in [1.165, 1.54) is 4.68 Å². The van der Waals surface area contributed by atoms with E-state index in [9.17, 15) is 0 Å². The van der Waals surface area contributed by atoms with Crippen LogP contribution in [0.4, 0.5) is 11.6 Å². The Bertz CT molecular complexity index is 366. The van der Waals surface area contributed by atoms with Crippen LogP contribution in [0.1, 0.15) is 0 Å². The Hall–Kier alpha value is -1.08. The van der Waals surface area contributed by atoms with Crippen LogP contribution in [0.2, 0.25) is 0 Å². The third-order valence-electron chi connectivity index (χ3n) is 2.28. The predicted octanol–water partition coefficient (Wildman–Crippen LogP) is -0.736. The molecule has 0 amide bonds. The molecule has 4 N–H and O–H groups in total. The molecule has 0 saturated carbocycles. The number of nitrogens with two attached hydrogens (primary N) is 2. The number of nitrogen functional groups attached to an aromatic ring is 2. The highest BCUT2D eigenvalue weighted by molar-refractivity contribution is 9.10. The molecule has 1 aromatic heterocycles.